The van der Waals surface area contributed by atoms with Crippen molar-refractivity contribution in [3.05, 3.63) is 65.4 Å². The number of aromatic nitrogens is 1. The lowest BCUT2D eigenvalue weighted by molar-refractivity contribution is 0.0787. The number of hydrogen-bond donors (Lipinski definition) is 0. The van der Waals surface area contributed by atoms with Gasteiger partial charge in [-0.15, -0.1) is 0 Å². The SMILES string of the molecule is CN(C)C(=O)c1cc(C2CCN(C(=O)c3ccc4c(c3)OCCO4)C2)nc2ccccc12. The number of nitrogens with zero attached hydrogens (tertiary/aromatic N) is 3. The van der Waals surface area contributed by atoms with Crippen LogP contribution in [0, 0.1) is 0 Å². The average molecular weight is 431 g/mol. The van der Waals surface area contributed by atoms with Gasteiger partial charge >= 0.3 is 0 Å². The largest absolute Gasteiger partial charge is 0.486 e. The summed E-state index contributed by atoms with van der Waals surface area (Å²) < 4.78 is 11.2. The Balaban J connectivity index is 1.40. The Morgan fingerprint density at radius 1 is 1.03 bits per heavy atom. The van der Waals surface area contributed by atoms with E-state index in [0.29, 0.717) is 48.9 Å². The Morgan fingerprint density at radius 2 is 1.81 bits per heavy atom. The summed E-state index contributed by atoms with van der Waals surface area (Å²) in [6.07, 6.45) is 0.803. The third kappa shape index (κ3) is 3.64. The van der Waals surface area contributed by atoms with Crippen LogP contribution in [0.25, 0.3) is 10.9 Å². The highest BCUT2D eigenvalue weighted by molar-refractivity contribution is 6.06. The second-order valence-corrected chi connectivity index (χ2v) is 8.41. The van der Waals surface area contributed by atoms with Crippen molar-refractivity contribution in [3.63, 3.8) is 0 Å². The van der Waals surface area contributed by atoms with Crippen LogP contribution in [0.3, 0.4) is 0 Å². The molecule has 3 aromatic rings. The summed E-state index contributed by atoms with van der Waals surface area (Å²) in [5.41, 5.74) is 2.88. The Morgan fingerprint density at radius 3 is 2.62 bits per heavy atom. The van der Waals surface area contributed by atoms with Gasteiger partial charge in [-0.1, -0.05) is 18.2 Å². The van der Waals surface area contributed by atoms with Crippen molar-refractivity contribution in [1.82, 2.24) is 14.8 Å². The quantitative estimate of drug-likeness (QED) is 0.636. The average Bonchev–Trinajstić information content (AvgIpc) is 3.32. The van der Waals surface area contributed by atoms with Crippen LogP contribution in [0.15, 0.2) is 48.5 Å². The molecule has 1 aromatic heterocycles. The fraction of sp³-hybridized carbons (Fsp3) is 0.320. The number of amides is 2. The Kier molecular flexibility index (Phi) is 5.17. The Hall–Kier alpha value is -3.61. The van der Waals surface area contributed by atoms with Gasteiger partial charge in [0.25, 0.3) is 11.8 Å². The lowest BCUT2D eigenvalue weighted by atomic mass is 9.99. The van der Waals surface area contributed by atoms with E-state index in [1.165, 1.54) is 0 Å². The van der Waals surface area contributed by atoms with Crippen molar-refractivity contribution >= 4 is 22.7 Å². The zero-order valence-electron chi connectivity index (χ0n) is 18.2. The van der Waals surface area contributed by atoms with Crippen LogP contribution in [-0.4, -0.2) is 67.0 Å². The first-order valence-electron chi connectivity index (χ1n) is 10.8. The Bertz CT molecular complexity index is 1210. The molecule has 7 nitrogen and oxygen atoms in total. The summed E-state index contributed by atoms with van der Waals surface area (Å²) in [5.74, 6) is 1.28. The molecule has 1 unspecified atom stereocenters. The van der Waals surface area contributed by atoms with Crippen molar-refractivity contribution in [2.75, 3.05) is 40.4 Å². The number of carbonyl (C=O) groups is 2. The van der Waals surface area contributed by atoms with Gasteiger partial charge < -0.3 is 19.3 Å². The highest BCUT2D eigenvalue weighted by atomic mass is 16.6. The zero-order chi connectivity index (χ0) is 22.2. The molecule has 2 aliphatic rings. The predicted octanol–water partition coefficient (Wildman–Crippen LogP) is 3.34. The molecule has 1 atom stereocenters. The standard InChI is InChI=1S/C25H25N3O4/c1-27(2)25(30)19-14-21(26-20-6-4-3-5-18(19)20)17-9-10-28(15-17)24(29)16-7-8-22-23(13-16)32-12-11-31-22/h3-8,13-14,17H,9-12,15H2,1-2H3. The molecule has 2 aliphatic heterocycles. The van der Waals surface area contributed by atoms with Crippen molar-refractivity contribution < 1.29 is 19.1 Å². The van der Waals surface area contributed by atoms with E-state index in [0.717, 1.165) is 23.0 Å². The van der Waals surface area contributed by atoms with Crippen molar-refractivity contribution in [1.29, 1.82) is 0 Å². The lowest BCUT2D eigenvalue weighted by Crippen LogP contribution is -2.29. The third-order valence-corrected chi connectivity index (χ3v) is 6.06. The van der Waals surface area contributed by atoms with Gasteiger partial charge in [0.05, 0.1) is 11.1 Å². The minimum absolute atomic E-state index is 0.0325. The van der Waals surface area contributed by atoms with Gasteiger partial charge in [-0.25, -0.2) is 0 Å². The molecule has 3 heterocycles. The number of hydrogen-bond acceptors (Lipinski definition) is 5. The second kappa shape index (κ2) is 8.15. The Labute approximate surface area is 186 Å². The minimum atomic E-state index is -0.0490. The van der Waals surface area contributed by atoms with Gasteiger partial charge in [-0.2, -0.15) is 0 Å². The van der Waals surface area contributed by atoms with Crippen LogP contribution in [0.4, 0.5) is 0 Å². The van der Waals surface area contributed by atoms with Crippen molar-refractivity contribution in [2.45, 2.75) is 12.3 Å². The minimum Gasteiger partial charge on any atom is -0.486 e. The number of ether oxygens (including phenoxy) is 2. The van der Waals surface area contributed by atoms with Gasteiger partial charge in [-0.05, 0) is 36.8 Å². The van der Waals surface area contributed by atoms with E-state index < -0.39 is 0 Å². The van der Waals surface area contributed by atoms with Gasteiger partial charge in [0.2, 0.25) is 0 Å². The topological polar surface area (TPSA) is 72.0 Å². The predicted molar refractivity (Wildman–Crippen MR) is 120 cm³/mol. The molecule has 32 heavy (non-hydrogen) atoms. The molecule has 164 valence electrons. The number of benzene rings is 2. The van der Waals surface area contributed by atoms with Crippen LogP contribution >= 0.6 is 0 Å². The molecular formula is C25H25N3O4. The fourth-order valence-electron chi connectivity index (χ4n) is 4.37. The molecule has 0 spiro atoms. The van der Waals surface area contributed by atoms with Gasteiger partial charge in [-0.3, -0.25) is 14.6 Å². The maximum Gasteiger partial charge on any atom is 0.254 e. The van der Waals surface area contributed by atoms with Crippen molar-refractivity contribution in [2.24, 2.45) is 0 Å². The highest BCUT2D eigenvalue weighted by Crippen LogP contribution is 2.33. The first-order valence-corrected chi connectivity index (χ1v) is 10.8. The van der Waals surface area contributed by atoms with Crippen LogP contribution in [0.1, 0.15) is 38.7 Å². The van der Waals surface area contributed by atoms with Crippen LogP contribution in [0.5, 0.6) is 11.5 Å². The first-order chi connectivity index (χ1) is 15.5. The molecule has 0 radical (unpaired) electrons. The molecule has 0 aliphatic carbocycles. The summed E-state index contributed by atoms with van der Waals surface area (Å²) >= 11 is 0. The van der Waals surface area contributed by atoms with Gasteiger partial charge in [0.1, 0.15) is 13.2 Å². The highest BCUT2D eigenvalue weighted by Gasteiger charge is 2.30. The summed E-state index contributed by atoms with van der Waals surface area (Å²) in [7, 11) is 3.50. The molecule has 0 bridgehead atoms. The number of likely N-dealkylation sites (tertiary alicyclic amines) is 1. The first kappa shape index (κ1) is 20.3. The monoisotopic (exact) mass is 431 g/mol. The smallest absolute Gasteiger partial charge is 0.254 e. The van der Waals surface area contributed by atoms with E-state index in [1.54, 1.807) is 37.2 Å². The molecule has 1 saturated heterocycles. The maximum atomic E-state index is 13.1. The normalized spacial score (nSPS) is 17.4. The molecule has 0 saturated carbocycles. The van der Waals surface area contributed by atoms with E-state index in [2.05, 4.69) is 0 Å². The lowest BCUT2D eigenvalue weighted by Gasteiger charge is -2.21. The van der Waals surface area contributed by atoms with E-state index in [-0.39, 0.29) is 17.7 Å². The maximum absolute atomic E-state index is 13.1. The number of para-hydroxylation sites is 1. The fourth-order valence-corrected chi connectivity index (χ4v) is 4.37. The van der Waals surface area contributed by atoms with E-state index in [9.17, 15) is 9.59 Å². The van der Waals surface area contributed by atoms with Crippen LogP contribution in [-0.2, 0) is 0 Å². The summed E-state index contributed by atoms with van der Waals surface area (Å²) in [6, 6.07) is 14.9. The summed E-state index contributed by atoms with van der Waals surface area (Å²) in [5, 5.41) is 0.845. The van der Waals surface area contributed by atoms with Crippen LogP contribution in [0.2, 0.25) is 0 Å². The summed E-state index contributed by atoms with van der Waals surface area (Å²) in [6.45, 7) is 2.21. The van der Waals surface area contributed by atoms with Crippen molar-refractivity contribution in [3.8, 4) is 11.5 Å². The molecule has 2 aromatic carbocycles. The molecule has 1 fully saturated rings. The van der Waals surface area contributed by atoms with Gasteiger partial charge in [0, 0.05) is 49.7 Å². The summed E-state index contributed by atoms with van der Waals surface area (Å²) in [4.78, 5) is 34.2. The number of pyridine rings is 1. The zero-order valence-corrected chi connectivity index (χ0v) is 18.2. The van der Waals surface area contributed by atoms with E-state index in [1.807, 2.05) is 35.2 Å². The van der Waals surface area contributed by atoms with E-state index in [4.69, 9.17) is 14.5 Å². The van der Waals surface area contributed by atoms with Gasteiger partial charge in [0.15, 0.2) is 11.5 Å². The molecular weight excluding hydrogens is 406 g/mol. The molecule has 2 amide bonds. The number of carbonyl (C=O) groups excluding carboxylic acids is 2. The third-order valence-electron chi connectivity index (χ3n) is 6.06. The number of rotatable bonds is 3. The second-order valence-electron chi connectivity index (χ2n) is 8.41. The molecule has 5 rings (SSSR count). The number of fused-ring (bicyclic) bond motifs is 2. The molecule has 0 N–H and O–H groups in total. The molecule has 7 heteroatoms. The van der Waals surface area contributed by atoms with Crippen LogP contribution < -0.4 is 9.47 Å². The van der Waals surface area contributed by atoms with E-state index >= 15 is 0 Å².